The van der Waals surface area contributed by atoms with Crippen molar-refractivity contribution in [2.24, 2.45) is 22.7 Å². The molecule has 3 aliphatic rings. The molecule has 0 N–H and O–H groups in total. The smallest absolute Gasteiger partial charge is 0.123 e. The van der Waals surface area contributed by atoms with Gasteiger partial charge in [0.25, 0.3) is 0 Å². The van der Waals surface area contributed by atoms with Gasteiger partial charge in [-0.3, -0.25) is 0 Å². The van der Waals surface area contributed by atoms with Crippen LogP contribution in [0.25, 0.3) is 0 Å². The van der Waals surface area contributed by atoms with Crippen molar-refractivity contribution in [3.05, 3.63) is 12.2 Å². The molecule has 0 radical (unpaired) electrons. The summed E-state index contributed by atoms with van der Waals surface area (Å²) in [4.78, 5) is 11.2. The zero-order valence-electron chi connectivity index (χ0n) is 9.42. The minimum absolute atomic E-state index is 0.180. The quantitative estimate of drug-likeness (QED) is 0.485. The summed E-state index contributed by atoms with van der Waals surface area (Å²) in [5.41, 5.74) is 0.488. The average molecular weight is 192 g/mol. The maximum absolute atomic E-state index is 11.2. The number of allylic oxidation sites excluding steroid dienone is 2. The van der Waals surface area contributed by atoms with Crippen molar-refractivity contribution in [3.63, 3.8) is 0 Å². The number of hydrogen-bond donors (Lipinski definition) is 0. The predicted octanol–water partition coefficient (Wildman–Crippen LogP) is 3.20. The maximum atomic E-state index is 11.2. The van der Waals surface area contributed by atoms with Gasteiger partial charge in [-0.05, 0) is 36.0 Å². The van der Waals surface area contributed by atoms with Gasteiger partial charge in [0.05, 0.1) is 0 Å². The van der Waals surface area contributed by atoms with Gasteiger partial charge < -0.3 is 4.79 Å². The molecule has 78 valence electrons. The van der Waals surface area contributed by atoms with Crippen molar-refractivity contribution in [1.29, 1.82) is 0 Å². The molecule has 0 aromatic carbocycles. The van der Waals surface area contributed by atoms with E-state index in [-0.39, 0.29) is 11.3 Å². The molecule has 1 saturated carbocycles. The maximum Gasteiger partial charge on any atom is 0.123 e. The molecule has 0 spiro atoms. The Morgan fingerprint density at radius 3 is 2.50 bits per heavy atom. The van der Waals surface area contributed by atoms with Gasteiger partial charge in [0.2, 0.25) is 0 Å². The fourth-order valence-corrected chi connectivity index (χ4v) is 3.28. The number of rotatable bonds is 2. The SMILES string of the molecule is CC(C)[C@@]12C=C[C@@](C)(CC1)C[C@@H]2C=O. The molecule has 1 nitrogen and oxygen atoms in total. The summed E-state index contributed by atoms with van der Waals surface area (Å²) in [6.07, 6.45) is 9.40. The predicted molar refractivity (Wildman–Crippen MR) is 57.9 cm³/mol. The second-order valence-corrected chi connectivity index (χ2v) is 5.70. The third kappa shape index (κ3) is 1.18. The highest BCUT2D eigenvalue weighted by Crippen LogP contribution is 2.57. The van der Waals surface area contributed by atoms with E-state index in [4.69, 9.17) is 0 Å². The van der Waals surface area contributed by atoms with Gasteiger partial charge in [-0.1, -0.05) is 32.9 Å². The summed E-state index contributed by atoms with van der Waals surface area (Å²) in [6, 6.07) is 0. The molecule has 1 fully saturated rings. The fraction of sp³-hybridized carbons (Fsp3) is 0.769. The normalized spacial score (nSPS) is 45.9. The molecule has 0 amide bonds. The van der Waals surface area contributed by atoms with Crippen LogP contribution in [0.15, 0.2) is 12.2 Å². The first-order chi connectivity index (χ1) is 6.52. The Labute approximate surface area is 86.6 Å². The number of carbonyl (C=O) groups is 1. The van der Waals surface area contributed by atoms with Gasteiger partial charge in [-0.15, -0.1) is 0 Å². The van der Waals surface area contributed by atoms with Crippen molar-refractivity contribution >= 4 is 6.29 Å². The van der Waals surface area contributed by atoms with E-state index in [0.29, 0.717) is 11.3 Å². The van der Waals surface area contributed by atoms with Gasteiger partial charge in [0, 0.05) is 5.92 Å². The molecule has 0 heterocycles. The van der Waals surface area contributed by atoms with Crippen LogP contribution < -0.4 is 0 Å². The number of aldehydes is 1. The zero-order valence-corrected chi connectivity index (χ0v) is 9.42. The standard InChI is InChI=1S/C13H20O/c1-10(2)13-6-4-12(3,5-7-13)8-11(13)9-14/h4,6,9-11H,5,7-8H2,1-3H3/t11-,12+,13-/m1/s1. The molecule has 0 aromatic rings. The van der Waals surface area contributed by atoms with Crippen molar-refractivity contribution in [1.82, 2.24) is 0 Å². The molecule has 0 unspecified atom stereocenters. The van der Waals surface area contributed by atoms with Crippen LogP contribution in [-0.4, -0.2) is 6.29 Å². The lowest BCUT2D eigenvalue weighted by molar-refractivity contribution is -0.119. The molecular weight excluding hydrogens is 172 g/mol. The highest BCUT2D eigenvalue weighted by atomic mass is 16.1. The van der Waals surface area contributed by atoms with Gasteiger partial charge in [-0.25, -0.2) is 0 Å². The Morgan fingerprint density at radius 2 is 2.07 bits per heavy atom. The summed E-state index contributed by atoms with van der Waals surface area (Å²) in [5, 5.41) is 0. The highest BCUT2D eigenvalue weighted by Gasteiger charge is 2.50. The summed E-state index contributed by atoms with van der Waals surface area (Å²) in [7, 11) is 0. The summed E-state index contributed by atoms with van der Waals surface area (Å²) >= 11 is 0. The van der Waals surface area contributed by atoms with Gasteiger partial charge in [-0.2, -0.15) is 0 Å². The average Bonchev–Trinajstić information content (AvgIpc) is 2.17. The Hall–Kier alpha value is -0.590. The van der Waals surface area contributed by atoms with Crippen LogP contribution in [0.1, 0.15) is 40.0 Å². The Balaban J connectivity index is 2.40. The molecule has 0 saturated heterocycles. The molecule has 14 heavy (non-hydrogen) atoms. The first-order valence-electron chi connectivity index (χ1n) is 5.68. The number of hydrogen-bond acceptors (Lipinski definition) is 1. The second kappa shape index (κ2) is 2.95. The van der Waals surface area contributed by atoms with Crippen LogP contribution in [0.2, 0.25) is 0 Å². The molecule has 3 rings (SSSR count). The molecule has 3 atom stereocenters. The number of carbonyl (C=O) groups excluding carboxylic acids is 1. The van der Waals surface area contributed by atoms with E-state index in [1.54, 1.807) is 0 Å². The Bertz CT molecular complexity index is 279. The van der Waals surface area contributed by atoms with Gasteiger partial charge in [0.1, 0.15) is 6.29 Å². The van der Waals surface area contributed by atoms with E-state index in [9.17, 15) is 4.79 Å². The minimum Gasteiger partial charge on any atom is -0.303 e. The minimum atomic E-state index is 0.180. The van der Waals surface area contributed by atoms with Crippen molar-refractivity contribution in [3.8, 4) is 0 Å². The summed E-state index contributed by atoms with van der Waals surface area (Å²) in [6.45, 7) is 6.77. The van der Waals surface area contributed by atoms with Crippen LogP contribution in [0.5, 0.6) is 0 Å². The van der Waals surface area contributed by atoms with Crippen molar-refractivity contribution in [2.75, 3.05) is 0 Å². The van der Waals surface area contributed by atoms with Crippen LogP contribution in [0.3, 0.4) is 0 Å². The van der Waals surface area contributed by atoms with E-state index in [1.165, 1.54) is 19.1 Å². The van der Waals surface area contributed by atoms with E-state index in [0.717, 1.165) is 6.42 Å². The zero-order chi connectivity index (χ0) is 10.4. The topological polar surface area (TPSA) is 17.1 Å². The van der Waals surface area contributed by atoms with E-state index < -0.39 is 0 Å². The van der Waals surface area contributed by atoms with Crippen molar-refractivity contribution in [2.45, 2.75) is 40.0 Å². The first kappa shape index (κ1) is 9.95. The lowest BCUT2D eigenvalue weighted by atomic mass is 9.51. The lowest BCUT2D eigenvalue weighted by Crippen LogP contribution is -2.46. The molecule has 0 aromatic heterocycles. The Kier molecular flexibility index (Phi) is 2.09. The van der Waals surface area contributed by atoms with Crippen LogP contribution in [0.4, 0.5) is 0 Å². The summed E-state index contributed by atoms with van der Waals surface area (Å²) in [5.74, 6) is 0.838. The monoisotopic (exact) mass is 192 g/mol. The first-order valence-corrected chi connectivity index (χ1v) is 5.68. The lowest BCUT2D eigenvalue weighted by Gasteiger charge is -2.53. The van der Waals surface area contributed by atoms with Gasteiger partial charge in [0.15, 0.2) is 0 Å². The largest absolute Gasteiger partial charge is 0.303 e. The van der Waals surface area contributed by atoms with Crippen molar-refractivity contribution < 1.29 is 4.79 Å². The van der Waals surface area contributed by atoms with E-state index >= 15 is 0 Å². The molecule has 0 aliphatic heterocycles. The molecule has 3 aliphatic carbocycles. The third-order valence-electron chi connectivity index (χ3n) is 4.54. The van der Waals surface area contributed by atoms with Crippen LogP contribution in [0, 0.1) is 22.7 Å². The van der Waals surface area contributed by atoms with E-state index in [1.807, 2.05) is 0 Å². The summed E-state index contributed by atoms with van der Waals surface area (Å²) < 4.78 is 0. The Morgan fingerprint density at radius 1 is 1.36 bits per heavy atom. The molecule has 1 heteroatoms. The number of fused-ring (bicyclic) bond motifs is 2. The second-order valence-electron chi connectivity index (χ2n) is 5.70. The molecule has 2 bridgehead atoms. The van der Waals surface area contributed by atoms with Crippen LogP contribution >= 0.6 is 0 Å². The van der Waals surface area contributed by atoms with Gasteiger partial charge >= 0.3 is 0 Å². The fourth-order valence-electron chi connectivity index (χ4n) is 3.28. The molecular formula is C13H20O. The highest BCUT2D eigenvalue weighted by molar-refractivity contribution is 5.58. The van der Waals surface area contributed by atoms with Crippen LogP contribution in [-0.2, 0) is 4.79 Å². The van der Waals surface area contributed by atoms with E-state index in [2.05, 4.69) is 32.9 Å². The third-order valence-corrected chi connectivity index (χ3v) is 4.54.